The van der Waals surface area contributed by atoms with Gasteiger partial charge in [0, 0.05) is 12.7 Å². The van der Waals surface area contributed by atoms with Gasteiger partial charge in [0.15, 0.2) is 0 Å². The van der Waals surface area contributed by atoms with Crippen LogP contribution in [0.5, 0.6) is 0 Å². The molecule has 2 N–H and O–H groups in total. The Balaban J connectivity index is 1.82. The lowest BCUT2D eigenvalue weighted by Gasteiger charge is -2.27. The number of carbonyl (C=O) groups is 2. The van der Waals surface area contributed by atoms with Gasteiger partial charge in [-0.05, 0) is 31.5 Å². The molecule has 2 rings (SSSR count). The van der Waals surface area contributed by atoms with Crippen molar-refractivity contribution >= 4 is 17.5 Å². The summed E-state index contributed by atoms with van der Waals surface area (Å²) in [6.07, 6.45) is 3.03. The van der Waals surface area contributed by atoms with Crippen LogP contribution in [0.3, 0.4) is 0 Å². The van der Waals surface area contributed by atoms with Gasteiger partial charge in [0.05, 0.1) is 12.6 Å². The summed E-state index contributed by atoms with van der Waals surface area (Å²) < 4.78 is 0. The zero-order valence-corrected chi connectivity index (χ0v) is 11.8. The second kappa shape index (κ2) is 7.05. The zero-order valence-electron chi connectivity index (χ0n) is 11.8. The van der Waals surface area contributed by atoms with E-state index >= 15 is 0 Å². The fraction of sp³-hybridized carbons (Fsp3) is 0.467. The zero-order chi connectivity index (χ0) is 14.4. The normalized spacial score (nSPS) is 18.4. The van der Waals surface area contributed by atoms with Crippen molar-refractivity contribution in [3.8, 4) is 0 Å². The second-order valence-corrected chi connectivity index (χ2v) is 5.11. The van der Waals surface area contributed by atoms with Gasteiger partial charge in [0.2, 0.25) is 11.8 Å². The number of carbonyl (C=O) groups excluding carboxylic acids is 2. The minimum atomic E-state index is -0.178. The molecule has 1 atom stereocenters. The Morgan fingerprint density at radius 1 is 1.30 bits per heavy atom. The van der Waals surface area contributed by atoms with E-state index in [1.807, 2.05) is 30.3 Å². The minimum Gasteiger partial charge on any atom is -0.335 e. The molecule has 108 valence electrons. The maximum atomic E-state index is 12.2. The molecule has 0 saturated carbocycles. The van der Waals surface area contributed by atoms with Gasteiger partial charge in [-0.15, -0.1) is 0 Å². The van der Waals surface area contributed by atoms with E-state index in [4.69, 9.17) is 0 Å². The molecule has 1 aliphatic rings. The fourth-order valence-electron chi connectivity index (χ4n) is 2.34. The average Bonchev–Trinajstić information content (AvgIpc) is 2.48. The van der Waals surface area contributed by atoms with Gasteiger partial charge >= 0.3 is 0 Å². The first-order chi connectivity index (χ1) is 9.66. The van der Waals surface area contributed by atoms with Crippen LogP contribution < -0.4 is 10.6 Å². The highest BCUT2D eigenvalue weighted by Crippen LogP contribution is 2.09. The third-order valence-corrected chi connectivity index (χ3v) is 3.42. The first-order valence-electron chi connectivity index (χ1n) is 7.00. The summed E-state index contributed by atoms with van der Waals surface area (Å²) in [7, 11) is 1.67. The number of hydrogen-bond donors (Lipinski definition) is 2. The van der Waals surface area contributed by atoms with Gasteiger partial charge in [0.1, 0.15) is 0 Å². The lowest BCUT2D eigenvalue weighted by atomic mass is 10.0. The summed E-state index contributed by atoms with van der Waals surface area (Å²) in [5.74, 6) is -0.184. The molecule has 0 spiro atoms. The third-order valence-electron chi connectivity index (χ3n) is 3.42. The summed E-state index contributed by atoms with van der Waals surface area (Å²) in [6.45, 7) is 0.951. The topological polar surface area (TPSA) is 61.4 Å². The number of hydrogen-bond acceptors (Lipinski definition) is 3. The van der Waals surface area contributed by atoms with E-state index < -0.39 is 0 Å². The number of benzene rings is 1. The number of piperidine rings is 1. The van der Waals surface area contributed by atoms with Crippen LogP contribution in [0, 0.1) is 0 Å². The fourth-order valence-corrected chi connectivity index (χ4v) is 2.34. The number of anilines is 1. The molecule has 20 heavy (non-hydrogen) atoms. The van der Waals surface area contributed by atoms with Crippen LogP contribution in [-0.2, 0) is 9.59 Å². The molecule has 1 aliphatic heterocycles. The number of nitrogens with zero attached hydrogens (tertiary/aromatic N) is 1. The van der Waals surface area contributed by atoms with Crippen LogP contribution in [0.2, 0.25) is 0 Å². The van der Waals surface area contributed by atoms with Crippen molar-refractivity contribution in [1.29, 1.82) is 0 Å². The SMILES string of the molecule is CN(CC(=O)Nc1ccccc1)C(=O)C1CCCCN1. The quantitative estimate of drug-likeness (QED) is 0.868. The summed E-state index contributed by atoms with van der Waals surface area (Å²) in [4.78, 5) is 25.5. The van der Waals surface area contributed by atoms with Crippen LogP contribution in [0.4, 0.5) is 5.69 Å². The van der Waals surface area contributed by atoms with E-state index in [1.54, 1.807) is 7.05 Å². The Hall–Kier alpha value is -1.88. The smallest absolute Gasteiger partial charge is 0.243 e. The van der Waals surface area contributed by atoms with Crippen LogP contribution in [0.15, 0.2) is 30.3 Å². The lowest BCUT2D eigenvalue weighted by Crippen LogP contribution is -2.48. The Morgan fingerprint density at radius 3 is 2.70 bits per heavy atom. The standard InChI is InChI=1S/C15H21N3O2/c1-18(15(20)13-9-5-6-10-16-13)11-14(19)17-12-7-3-2-4-8-12/h2-4,7-8,13,16H,5-6,9-11H2,1H3,(H,17,19). The van der Waals surface area contributed by atoms with Crippen molar-refractivity contribution in [3.05, 3.63) is 30.3 Å². The van der Waals surface area contributed by atoms with Crippen molar-refractivity contribution in [3.63, 3.8) is 0 Å². The predicted octanol–water partition coefficient (Wildman–Crippen LogP) is 1.23. The highest BCUT2D eigenvalue weighted by Gasteiger charge is 2.24. The molecule has 2 amide bonds. The molecule has 1 heterocycles. The molecule has 0 aliphatic carbocycles. The molecule has 0 radical (unpaired) electrons. The lowest BCUT2D eigenvalue weighted by molar-refractivity contribution is -0.135. The Labute approximate surface area is 119 Å². The number of para-hydroxylation sites is 1. The van der Waals surface area contributed by atoms with Crippen molar-refractivity contribution in [1.82, 2.24) is 10.2 Å². The summed E-state index contributed by atoms with van der Waals surface area (Å²) in [5.41, 5.74) is 0.745. The van der Waals surface area contributed by atoms with Gasteiger partial charge < -0.3 is 15.5 Å². The van der Waals surface area contributed by atoms with Crippen LogP contribution in [0.25, 0.3) is 0 Å². The number of likely N-dealkylation sites (N-methyl/N-ethyl adjacent to an activating group) is 1. The molecule has 0 bridgehead atoms. The first-order valence-corrected chi connectivity index (χ1v) is 7.00. The molecule has 1 aromatic rings. The molecule has 1 unspecified atom stereocenters. The van der Waals surface area contributed by atoms with Gasteiger partial charge in [0.25, 0.3) is 0 Å². The number of rotatable bonds is 4. The van der Waals surface area contributed by atoms with Crippen molar-refractivity contribution in [2.75, 3.05) is 25.5 Å². The van der Waals surface area contributed by atoms with E-state index in [9.17, 15) is 9.59 Å². The summed E-state index contributed by atoms with van der Waals surface area (Å²) in [6, 6.07) is 9.11. The molecule has 5 heteroatoms. The average molecular weight is 275 g/mol. The third kappa shape index (κ3) is 4.06. The van der Waals surface area contributed by atoms with Crippen molar-refractivity contribution < 1.29 is 9.59 Å². The van der Waals surface area contributed by atoms with Crippen molar-refractivity contribution in [2.45, 2.75) is 25.3 Å². The van der Waals surface area contributed by atoms with Gasteiger partial charge in [-0.2, -0.15) is 0 Å². The van der Waals surface area contributed by atoms with E-state index in [0.717, 1.165) is 31.5 Å². The largest absolute Gasteiger partial charge is 0.335 e. The van der Waals surface area contributed by atoms with Gasteiger partial charge in [-0.1, -0.05) is 24.6 Å². The van der Waals surface area contributed by atoms with E-state index in [2.05, 4.69) is 10.6 Å². The maximum Gasteiger partial charge on any atom is 0.243 e. The van der Waals surface area contributed by atoms with E-state index in [1.165, 1.54) is 4.90 Å². The highest BCUT2D eigenvalue weighted by atomic mass is 16.2. The number of nitrogens with one attached hydrogen (secondary N) is 2. The molecule has 1 aromatic carbocycles. The van der Waals surface area contributed by atoms with Gasteiger partial charge in [-0.25, -0.2) is 0 Å². The van der Waals surface area contributed by atoms with Crippen molar-refractivity contribution in [2.24, 2.45) is 0 Å². The Bertz CT molecular complexity index is 455. The maximum absolute atomic E-state index is 12.2. The van der Waals surface area contributed by atoms with Gasteiger partial charge in [-0.3, -0.25) is 9.59 Å². The molecule has 1 saturated heterocycles. The monoisotopic (exact) mass is 275 g/mol. The van der Waals surface area contributed by atoms with Crippen LogP contribution in [-0.4, -0.2) is 42.9 Å². The van der Waals surface area contributed by atoms with E-state index in [-0.39, 0.29) is 24.4 Å². The summed E-state index contributed by atoms with van der Waals surface area (Å²) >= 11 is 0. The Kier molecular flexibility index (Phi) is 5.12. The van der Waals surface area contributed by atoms with Crippen LogP contribution in [0.1, 0.15) is 19.3 Å². The molecule has 1 fully saturated rings. The Morgan fingerprint density at radius 2 is 2.05 bits per heavy atom. The van der Waals surface area contributed by atoms with Crippen LogP contribution >= 0.6 is 0 Å². The molecular formula is C15H21N3O2. The molecule has 0 aromatic heterocycles. The predicted molar refractivity (Wildman–Crippen MR) is 78.4 cm³/mol. The highest BCUT2D eigenvalue weighted by molar-refractivity contribution is 5.95. The summed E-state index contributed by atoms with van der Waals surface area (Å²) in [5, 5.41) is 5.98. The first kappa shape index (κ1) is 14.5. The van der Waals surface area contributed by atoms with E-state index in [0.29, 0.717) is 0 Å². The molecule has 5 nitrogen and oxygen atoms in total. The second-order valence-electron chi connectivity index (χ2n) is 5.11. The molecular weight excluding hydrogens is 254 g/mol. The minimum absolute atomic E-state index is 0.00656. The number of amides is 2.